The number of hydrogen-bond donors (Lipinski definition) is 0. The van der Waals surface area contributed by atoms with Crippen molar-refractivity contribution >= 4 is 0 Å². The number of ether oxygens (including phenoxy) is 1. The molecule has 3 aliphatic rings. The monoisotopic (exact) mass is 424 g/mol. The molecule has 0 amide bonds. The SMILES string of the molecule is COc1ccc([C@H](c2nnnn2C2CCCC2)N2CCN(C3CCCCC3)CC2)cc1. The summed E-state index contributed by atoms with van der Waals surface area (Å²) in [6, 6.07) is 9.81. The third-order valence-electron chi connectivity index (χ3n) is 7.67. The Bertz CT molecular complexity index is 817. The van der Waals surface area contributed by atoms with Crippen LogP contribution in [0.5, 0.6) is 5.75 Å². The number of piperazine rings is 1. The highest BCUT2D eigenvalue weighted by molar-refractivity contribution is 5.32. The summed E-state index contributed by atoms with van der Waals surface area (Å²) < 4.78 is 7.54. The van der Waals surface area contributed by atoms with Crippen LogP contribution in [-0.4, -0.2) is 69.3 Å². The minimum absolute atomic E-state index is 0.0926. The molecule has 5 rings (SSSR count). The van der Waals surface area contributed by atoms with Crippen LogP contribution in [0, 0.1) is 0 Å². The van der Waals surface area contributed by atoms with Crippen LogP contribution >= 0.6 is 0 Å². The van der Waals surface area contributed by atoms with Gasteiger partial charge in [-0.15, -0.1) is 5.10 Å². The normalized spacial score (nSPS) is 23.3. The maximum absolute atomic E-state index is 5.41. The van der Waals surface area contributed by atoms with E-state index in [1.54, 1.807) is 7.11 Å². The molecule has 0 spiro atoms. The minimum atomic E-state index is 0.0926. The molecule has 1 aromatic heterocycles. The second-order valence-corrected chi connectivity index (χ2v) is 9.46. The maximum Gasteiger partial charge on any atom is 0.173 e. The highest BCUT2D eigenvalue weighted by Gasteiger charge is 2.34. The van der Waals surface area contributed by atoms with E-state index in [9.17, 15) is 0 Å². The second-order valence-electron chi connectivity index (χ2n) is 9.46. The smallest absolute Gasteiger partial charge is 0.173 e. The quantitative estimate of drug-likeness (QED) is 0.702. The van der Waals surface area contributed by atoms with Crippen molar-refractivity contribution in [2.45, 2.75) is 75.9 Å². The van der Waals surface area contributed by atoms with Gasteiger partial charge in [-0.1, -0.05) is 44.2 Å². The van der Waals surface area contributed by atoms with Crippen LogP contribution in [-0.2, 0) is 0 Å². The van der Waals surface area contributed by atoms with Gasteiger partial charge >= 0.3 is 0 Å². The number of tetrazole rings is 1. The minimum Gasteiger partial charge on any atom is -0.497 e. The number of nitrogens with zero attached hydrogens (tertiary/aromatic N) is 6. The zero-order valence-corrected chi connectivity index (χ0v) is 18.8. The van der Waals surface area contributed by atoms with Gasteiger partial charge in [0.05, 0.1) is 19.2 Å². The Labute approximate surface area is 185 Å². The van der Waals surface area contributed by atoms with E-state index in [2.05, 4.69) is 54.3 Å². The fourth-order valence-electron chi connectivity index (χ4n) is 5.91. The summed E-state index contributed by atoms with van der Waals surface area (Å²) in [5.74, 6) is 1.89. The predicted molar refractivity (Wildman–Crippen MR) is 120 cm³/mol. The zero-order valence-electron chi connectivity index (χ0n) is 18.8. The first-order valence-corrected chi connectivity index (χ1v) is 12.2. The molecule has 2 aliphatic carbocycles. The van der Waals surface area contributed by atoms with E-state index >= 15 is 0 Å². The standard InChI is InChI=1S/C24H36N6O/c1-31-22-13-11-19(12-14-22)23(24-25-26-27-30(24)21-9-5-6-10-21)29-17-15-28(16-18-29)20-7-3-2-4-8-20/h11-14,20-21,23H,2-10,15-18H2,1H3/t23-/m1/s1. The van der Waals surface area contributed by atoms with Gasteiger partial charge < -0.3 is 4.74 Å². The van der Waals surface area contributed by atoms with Crippen molar-refractivity contribution in [3.8, 4) is 5.75 Å². The fourth-order valence-corrected chi connectivity index (χ4v) is 5.91. The molecule has 7 heteroatoms. The first-order valence-electron chi connectivity index (χ1n) is 12.2. The Kier molecular flexibility index (Phi) is 6.50. The first kappa shape index (κ1) is 20.9. The number of benzene rings is 1. The van der Waals surface area contributed by atoms with Crippen molar-refractivity contribution in [3.63, 3.8) is 0 Å². The van der Waals surface area contributed by atoms with Crippen LogP contribution in [0.3, 0.4) is 0 Å². The number of rotatable bonds is 6. The average Bonchev–Trinajstić information content (AvgIpc) is 3.53. The van der Waals surface area contributed by atoms with Gasteiger partial charge in [0.1, 0.15) is 5.75 Å². The molecule has 1 aromatic carbocycles. The molecule has 2 heterocycles. The second kappa shape index (κ2) is 9.65. The number of hydrogen-bond acceptors (Lipinski definition) is 6. The van der Waals surface area contributed by atoms with Crippen molar-refractivity contribution in [3.05, 3.63) is 35.7 Å². The van der Waals surface area contributed by atoms with Gasteiger partial charge in [-0.25, -0.2) is 4.68 Å². The van der Waals surface area contributed by atoms with E-state index in [-0.39, 0.29) is 6.04 Å². The summed E-state index contributed by atoms with van der Waals surface area (Å²) in [5, 5.41) is 13.2. The molecule has 2 aromatic rings. The third-order valence-corrected chi connectivity index (χ3v) is 7.67. The summed E-state index contributed by atoms with van der Waals surface area (Å²) in [7, 11) is 1.72. The van der Waals surface area contributed by atoms with Gasteiger partial charge in [0.25, 0.3) is 0 Å². The molecule has 168 valence electrons. The van der Waals surface area contributed by atoms with Crippen LogP contribution in [0.25, 0.3) is 0 Å². The summed E-state index contributed by atoms with van der Waals surface area (Å²) in [4.78, 5) is 5.33. The number of methoxy groups -OCH3 is 1. The molecule has 1 aliphatic heterocycles. The van der Waals surface area contributed by atoms with Crippen LogP contribution < -0.4 is 4.74 Å². The maximum atomic E-state index is 5.41. The molecule has 0 radical (unpaired) electrons. The Morgan fingerprint density at radius 3 is 2.16 bits per heavy atom. The predicted octanol–water partition coefficient (Wildman–Crippen LogP) is 3.84. The lowest BCUT2D eigenvalue weighted by molar-refractivity contribution is 0.0615. The average molecular weight is 425 g/mol. The molecular formula is C24H36N6O. The third kappa shape index (κ3) is 4.48. The van der Waals surface area contributed by atoms with Crippen LogP contribution in [0.15, 0.2) is 24.3 Å². The Balaban J connectivity index is 1.39. The van der Waals surface area contributed by atoms with Crippen molar-refractivity contribution in [1.82, 2.24) is 30.0 Å². The van der Waals surface area contributed by atoms with Gasteiger partial charge in [-0.2, -0.15) is 0 Å². The summed E-state index contributed by atoms with van der Waals surface area (Å²) in [5.41, 5.74) is 1.25. The Morgan fingerprint density at radius 2 is 1.48 bits per heavy atom. The Hall–Kier alpha value is -1.99. The number of aromatic nitrogens is 4. The highest BCUT2D eigenvalue weighted by Crippen LogP contribution is 2.35. The molecule has 7 nitrogen and oxygen atoms in total. The molecule has 1 saturated heterocycles. The van der Waals surface area contributed by atoms with Crippen molar-refractivity contribution in [2.75, 3.05) is 33.3 Å². The molecule has 0 bridgehead atoms. The fraction of sp³-hybridized carbons (Fsp3) is 0.708. The Morgan fingerprint density at radius 1 is 0.839 bits per heavy atom. The van der Waals surface area contributed by atoms with E-state index in [1.165, 1.54) is 63.4 Å². The lowest BCUT2D eigenvalue weighted by Gasteiger charge is -2.43. The van der Waals surface area contributed by atoms with Crippen molar-refractivity contribution in [2.24, 2.45) is 0 Å². The largest absolute Gasteiger partial charge is 0.497 e. The molecular weight excluding hydrogens is 388 g/mol. The molecule has 3 fully saturated rings. The van der Waals surface area contributed by atoms with Gasteiger partial charge in [0.15, 0.2) is 5.82 Å². The van der Waals surface area contributed by atoms with E-state index in [4.69, 9.17) is 4.74 Å². The molecule has 0 unspecified atom stereocenters. The van der Waals surface area contributed by atoms with Gasteiger partial charge in [0, 0.05) is 32.2 Å². The molecule has 31 heavy (non-hydrogen) atoms. The summed E-state index contributed by atoms with van der Waals surface area (Å²) in [6.07, 6.45) is 11.9. The molecule has 1 atom stereocenters. The van der Waals surface area contributed by atoms with E-state index in [0.717, 1.165) is 43.8 Å². The summed E-state index contributed by atoms with van der Waals surface area (Å²) >= 11 is 0. The first-order chi connectivity index (χ1) is 15.3. The van der Waals surface area contributed by atoms with Crippen molar-refractivity contribution < 1.29 is 4.74 Å². The molecule has 2 saturated carbocycles. The molecule has 0 N–H and O–H groups in total. The lowest BCUT2D eigenvalue weighted by Crippen LogP contribution is -2.52. The van der Waals surface area contributed by atoms with Gasteiger partial charge in [-0.3, -0.25) is 9.80 Å². The van der Waals surface area contributed by atoms with Gasteiger partial charge in [-0.05, 0) is 53.8 Å². The van der Waals surface area contributed by atoms with Gasteiger partial charge in [0.2, 0.25) is 0 Å². The zero-order chi connectivity index (χ0) is 21.0. The summed E-state index contributed by atoms with van der Waals surface area (Å²) in [6.45, 7) is 4.40. The highest BCUT2D eigenvalue weighted by atomic mass is 16.5. The van der Waals surface area contributed by atoms with Crippen LogP contribution in [0.4, 0.5) is 0 Å². The topological polar surface area (TPSA) is 59.3 Å². The van der Waals surface area contributed by atoms with E-state index in [0.29, 0.717) is 6.04 Å². The van der Waals surface area contributed by atoms with E-state index in [1.807, 2.05) is 0 Å². The van der Waals surface area contributed by atoms with Crippen molar-refractivity contribution in [1.29, 1.82) is 0 Å². The van der Waals surface area contributed by atoms with Crippen LogP contribution in [0.1, 0.15) is 81.3 Å². The van der Waals surface area contributed by atoms with E-state index < -0.39 is 0 Å². The van der Waals surface area contributed by atoms with Crippen LogP contribution in [0.2, 0.25) is 0 Å². The lowest BCUT2D eigenvalue weighted by atomic mass is 9.93.